The van der Waals surface area contributed by atoms with Crippen LogP contribution in [0.4, 0.5) is 5.82 Å². The van der Waals surface area contributed by atoms with Gasteiger partial charge in [0.05, 0.1) is 0 Å². The topological polar surface area (TPSA) is 79.8 Å². The molecule has 1 atom stereocenters. The molecule has 0 saturated carbocycles. The molecule has 0 spiro atoms. The fourth-order valence-corrected chi connectivity index (χ4v) is 5.60. The number of benzene rings is 1. The van der Waals surface area contributed by atoms with Gasteiger partial charge >= 0.3 is 197 Å². The summed E-state index contributed by atoms with van der Waals surface area (Å²) >= 11 is 1.47. The molecule has 8 heteroatoms. The molecule has 2 heterocycles. The van der Waals surface area contributed by atoms with Crippen molar-refractivity contribution in [3.05, 3.63) is 74.5 Å². The molecule has 164 valence electrons. The molecule has 0 aliphatic carbocycles. The van der Waals surface area contributed by atoms with Crippen LogP contribution in [0.2, 0.25) is 0 Å². The molecule has 1 aromatic carbocycles. The second kappa shape index (κ2) is 11.8. The van der Waals surface area contributed by atoms with Crippen molar-refractivity contribution in [2.24, 2.45) is 0 Å². The van der Waals surface area contributed by atoms with Crippen molar-refractivity contribution >= 4 is 23.5 Å². The van der Waals surface area contributed by atoms with Gasteiger partial charge in [-0.2, -0.15) is 0 Å². The van der Waals surface area contributed by atoms with Crippen LogP contribution in [0, 0.1) is 15.4 Å². The van der Waals surface area contributed by atoms with E-state index in [2.05, 4.69) is 62.4 Å². The molecule has 1 unspecified atom stereocenters. The van der Waals surface area contributed by atoms with Gasteiger partial charge in [-0.3, -0.25) is 0 Å². The van der Waals surface area contributed by atoms with Gasteiger partial charge in [0.2, 0.25) is 0 Å². The Balaban J connectivity index is 2.02. The Labute approximate surface area is 203 Å². The first kappa shape index (κ1) is 23.9. The third-order valence-electron chi connectivity index (χ3n) is 4.52. The molecule has 0 fully saturated rings. The van der Waals surface area contributed by atoms with E-state index in [0.29, 0.717) is 11.5 Å². The quantitative estimate of drug-likeness (QED) is 0.252. The molecular formula is C24H23IN5OS-. The van der Waals surface area contributed by atoms with E-state index in [1.165, 1.54) is 14.8 Å². The maximum absolute atomic E-state index is 12.3. The second-order valence-electron chi connectivity index (χ2n) is 6.58. The number of thioether (sulfide) groups is 1. The molecule has 0 bridgehead atoms. The summed E-state index contributed by atoms with van der Waals surface area (Å²) in [5, 5.41) is 5.75. The van der Waals surface area contributed by atoms with Crippen LogP contribution in [0.25, 0.3) is 11.1 Å². The fraction of sp³-hybridized carbons (Fsp3) is 0.167. The predicted molar refractivity (Wildman–Crippen MR) is 126 cm³/mol. The number of nitrogens with zero attached hydrogens (tertiary/aromatic N) is 3. The van der Waals surface area contributed by atoms with E-state index in [0.717, 1.165) is 16.7 Å². The van der Waals surface area contributed by atoms with Crippen molar-refractivity contribution < 1.29 is 26.0 Å². The number of rotatable bonds is 7. The van der Waals surface area contributed by atoms with Crippen molar-refractivity contribution in [2.45, 2.75) is 17.9 Å². The van der Waals surface area contributed by atoms with Crippen LogP contribution in [0.5, 0.6) is 0 Å². The zero-order valence-electron chi connectivity index (χ0n) is 18.0. The van der Waals surface area contributed by atoms with Gasteiger partial charge in [-0.1, -0.05) is 0 Å². The Morgan fingerprint density at radius 3 is 2.69 bits per heavy atom. The minimum absolute atomic E-state index is 0.166. The molecule has 0 radical (unpaired) electrons. The van der Waals surface area contributed by atoms with Gasteiger partial charge < -0.3 is 0 Å². The zero-order chi connectivity index (χ0) is 22.9. The summed E-state index contributed by atoms with van der Waals surface area (Å²) in [6.07, 6.45) is 6.99. The van der Waals surface area contributed by atoms with Crippen LogP contribution in [0.15, 0.2) is 64.6 Å². The number of pyridine rings is 1. The van der Waals surface area contributed by atoms with Gasteiger partial charge in [-0.15, -0.1) is 0 Å². The number of halogens is 1. The Morgan fingerprint density at radius 1 is 1.22 bits per heavy atom. The summed E-state index contributed by atoms with van der Waals surface area (Å²) in [6.45, 7) is 5.68. The van der Waals surface area contributed by atoms with Crippen LogP contribution in [-0.4, -0.2) is 40.2 Å². The number of anilines is 1. The van der Waals surface area contributed by atoms with Crippen LogP contribution in [0.1, 0.15) is 18.2 Å². The number of nitrogens with one attached hydrogen (secondary N) is 2. The third-order valence-corrected chi connectivity index (χ3v) is 7.68. The summed E-state index contributed by atoms with van der Waals surface area (Å²) < 4.78 is 3.29. The summed E-state index contributed by atoms with van der Waals surface area (Å²) in [7, 11) is 1.73. The first-order valence-corrected chi connectivity index (χ1v) is 13.3. The van der Waals surface area contributed by atoms with Gasteiger partial charge in [0.25, 0.3) is 0 Å². The van der Waals surface area contributed by atoms with Crippen molar-refractivity contribution in [1.29, 1.82) is 0 Å². The number of hydrogen-bond donors (Lipinski definition) is 2. The Kier molecular flexibility index (Phi) is 8.79. The number of aromatic nitrogens is 3. The van der Waals surface area contributed by atoms with E-state index in [9.17, 15) is 4.79 Å². The van der Waals surface area contributed by atoms with Crippen LogP contribution in [-0.2, 0) is 4.79 Å². The molecule has 0 saturated heterocycles. The Morgan fingerprint density at radius 2 is 2.00 bits per heavy atom. The van der Waals surface area contributed by atoms with E-state index in [4.69, 9.17) is 0 Å². The summed E-state index contributed by atoms with van der Waals surface area (Å²) in [4.78, 5) is 26.3. The van der Waals surface area contributed by atoms with Gasteiger partial charge in [0.15, 0.2) is 0 Å². The van der Waals surface area contributed by atoms with Gasteiger partial charge in [-0.05, 0) is 7.05 Å². The normalized spacial score (nSPS) is 11.3. The Hall–Kier alpha value is -2.74. The fourth-order valence-electron chi connectivity index (χ4n) is 2.70. The summed E-state index contributed by atoms with van der Waals surface area (Å²) in [5.74, 6) is 6.70. The van der Waals surface area contributed by atoms with Crippen LogP contribution in [0.3, 0.4) is 0 Å². The number of hydrogen-bond acceptors (Lipinski definition) is 6. The van der Waals surface area contributed by atoms with E-state index in [1.807, 2.05) is 16.2 Å². The molecule has 2 N–H and O–H groups in total. The van der Waals surface area contributed by atoms with E-state index < -0.39 is 0 Å². The maximum atomic E-state index is 12.3. The van der Waals surface area contributed by atoms with Gasteiger partial charge in [0.1, 0.15) is 0 Å². The SMILES string of the molecule is C=C[I-]c1cc(C#Cc2nc(NC(=O)C(C)NC)ccc2-c2cncnc2)ccc1SC. The molecule has 32 heavy (non-hydrogen) atoms. The number of amides is 1. The van der Waals surface area contributed by atoms with Gasteiger partial charge in [-0.25, -0.2) is 0 Å². The van der Waals surface area contributed by atoms with Crippen LogP contribution < -0.4 is 31.8 Å². The second-order valence-corrected chi connectivity index (χ2v) is 10.1. The van der Waals surface area contributed by atoms with Crippen molar-refractivity contribution in [3.8, 4) is 23.0 Å². The van der Waals surface area contributed by atoms with Crippen LogP contribution >= 0.6 is 11.8 Å². The average molecular weight is 556 g/mol. The molecule has 6 nitrogen and oxygen atoms in total. The van der Waals surface area contributed by atoms with E-state index >= 15 is 0 Å². The van der Waals surface area contributed by atoms with E-state index in [1.54, 1.807) is 44.2 Å². The molecule has 3 rings (SSSR count). The molecule has 0 aliphatic rings. The standard InChI is InChI=1S/C24H23IN5OS/c1-5-25-20-12-17(7-10-22(20)32-4)6-9-21-19(18-13-27-15-28-14-18)8-11-23(29-21)30-24(31)16(2)26-3/h5,7-8,10-16,26H,1H2,2-4H3,(H,29,30,31)/q-1. The van der Waals surface area contributed by atoms with Crippen molar-refractivity contribution in [1.82, 2.24) is 20.3 Å². The number of carbonyl (C=O) groups is 1. The number of likely N-dealkylation sites (N-methyl/N-ethyl adjacent to an activating group) is 1. The summed E-state index contributed by atoms with van der Waals surface area (Å²) in [5.41, 5.74) is 3.07. The van der Waals surface area contributed by atoms with Crippen molar-refractivity contribution in [3.63, 3.8) is 0 Å². The predicted octanol–water partition coefficient (Wildman–Crippen LogP) is 0.609. The first-order valence-electron chi connectivity index (χ1n) is 9.74. The first-order chi connectivity index (χ1) is 15.5. The third kappa shape index (κ3) is 6.16. The molecule has 3 aromatic rings. The molecule has 1 amide bonds. The average Bonchev–Trinajstić information content (AvgIpc) is 2.83. The van der Waals surface area contributed by atoms with E-state index in [-0.39, 0.29) is 33.2 Å². The monoisotopic (exact) mass is 556 g/mol. The number of carbonyl (C=O) groups excluding carboxylic acids is 1. The molecule has 2 aromatic heterocycles. The summed E-state index contributed by atoms with van der Waals surface area (Å²) in [6, 6.07) is 9.53. The van der Waals surface area contributed by atoms with Crippen molar-refractivity contribution in [2.75, 3.05) is 18.6 Å². The molecule has 0 aliphatic heterocycles. The Bertz CT molecular complexity index is 1170. The van der Waals surface area contributed by atoms with Gasteiger partial charge in [0, 0.05) is 0 Å². The minimum atomic E-state index is -0.338. The molecular weight excluding hydrogens is 533 g/mol. The zero-order valence-corrected chi connectivity index (χ0v) is 21.0.